The Morgan fingerprint density at radius 1 is 1.25 bits per heavy atom. The van der Waals surface area contributed by atoms with Crippen molar-refractivity contribution in [1.82, 2.24) is 4.72 Å². The molecule has 0 atom stereocenters. The highest BCUT2D eigenvalue weighted by atomic mass is 32.2. The van der Waals surface area contributed by atoms with Gasteiger partial charge in [-0.3, -0.25) is 0 Å². The topological polar surface area (TPSA) is 58.2 Å². The largest absolute Gasteiger partial charge is 0.385 e. The second kappa shape index (κ2) is 4.43. The highest BCUT2D eigenvalue weighted by Crippen LogP contribution is 2.29. The maximum atomic E-state index is 11.5. The second-order valence-corrected chi connectivity index (χ2v) is 5.94. The summed E-state index contributed by atoms with van der Waals surface area (Å²) in [6.45, 7) is 0.984. The molecule has 1 saturated carbocycles. The minimum Gasteiger partial charge on any atom is -0.385 e. The van der Waals surface area contributed by atoms with Crippen molar-refractivity contribution in [2.75, 3.05) is 18.9 Å². The van der Waals surface area contributed by atoms with E-state index < -0.39 is 10.0 Å². The van der Waals surface area contributed by atoms with Gasteiger partial charge in [-0.1, -0.05) is 0 Å². The predicted octanol–water partition coefficient (Wildman–Crippen LogP) is 1.42. The lowest BCUT2D eigenvalue weighted by Crippen LogP contribution is -2.18. The fourth-order valence-electron chi connectivity index (χ4n) is 1.45. The van der Waals surface area contributed by atoms with Crippen LogP contribution in [0.5, 0.6) is 0 Å². The molecule has 16 heavy (non-hydrogen) atoms. The third-order valence-electron chi connectivity index (χ3n) is 2.73. The molecule has 0 radical (unpaired) electrons. The van der Waals surface area contributed by atoms with Gasteiger partial charge in [-0.25, -0.2) is 13.1 Å². The lowest BCUT2D eigenvalue weighted by molar-refractivity contribution is 0.588. The molecule has 2 N–H and O–H groups in total. The maximum Gasteiger partial charge on any atom is 0.240 e. The first-order chi connectivity index (χ1) is 7.62. The molecule has 1 fully saturated rings. The van der Waals surface area contributed by atoms with E-state index in [9.17, 15) is 8.42 Å². The van der Waals surface area contributed by atoms with Crippen LogP contribution in [-0.4, -0.2) is 22.0 Å². The lowest BCUT2D eigenvalue weighted by atomic mass is 10.3. The number of rotatable bonds is 5. The van der Waals surface area contributed by atoms with Crippen molar-refractivity contribution in [2.24, 2.45) is 5.92 Å². The number of sulfonamides is 1. The fourth-order valence-corrected chi connectivity index (χ4v) is 2.18. The van der Waals surface area contributed by atoms with Crippen LogP contribution in [0, 0.1) is 5.92 Å². The van der Waals surface area contributed by atoms with Gasteiger partial charge >= 0.3 is 0 Å². The molecule has 0 bridgehead atoms. The first-order valence-electron chi connectivity index (χ1n) is 5.39. The Labute approximate surface area is 96.1 Å². The lowest BCUT2D eigenvalue weighted by Gasteiger charge is -2.06. The zero-order valence-corrected chi connectivity index (χ0v) is 10.0. The summed E-state index contributed by atoms with van der Waals surface area (Å²) >= 11 is 0. The van der Waals surface area contributed by atoms with Gasteiger partial charge in [-0.15, -0.1) is 0 Å². The van der Waals surface area contributed by atoms with Crippen LogP contribution >= 0.6 is 0 Å². The average Bonchev–Trinajstić information content (AvgIpc) is 3.11. The van der Waals surface area contributed by atoms with E-state index in [0.717, 1.165) is 18.2 Å². The van der Waals surface area contributed by atoms with Crippen LogP contribution in [0.1, 0.15) is 12.8 Å². The molecule has 0 saturated heterocycles. The van der Waals surface area contributed by atoms with Gasteiger partial charge in [0.1, 0.15) is 0 Å². The summed E-state index contributed by atoms with van der Waals surface area (Å²) in [7, 11) is -1.90. The summed E-state index contributed by atoms with van der Waals surface area (Å²) in [5.74, 6) is 0.806. The fraction of sp³-hybridized carbons (Fsp3) is 0.455. The molecule has 1 aromatic rings. The molecule has 0 heterocycles. The number of anilines is 1. The van der Waals surface area contributed by atoms with Crippen LogP contribution in [0.3, 0.4) is 0 Å². The molecule has 1 aliphatic carbocycles. The highest BCUT2D eigenvalue weighted by molar-refractivity contribution is 7.89. The summed E-state index contributed by atoms with van der Waals surface area (Å²) in [5.41, 5.74) is 0.974. The molecular weight excluding hydrogens is 224 g/mol. The molecule has 0 aliphatic heterocycles. The van der Waals surface area contributed by atoms with Crippen molar-refractivity contribution in [3.8, 4) is 0 Å². The molecule has 0 aromatic heterocycles. The highest BCUT2D eigenvalue weighted by Gasteiger charge is 2.20. The second-order valence-electron chi connectivity index (χ2n) is 4.06. The number of nitrogens with one attached hydrogen (secondary N) is 2. The Hall–Kier alpha value is -1.07. The molecular formula is C11H16N2O2S. The third kappa shape index (κ3) is 2.74. The monoisotopic (exact) mass is 240 g/mol. The molecule has 1 aromatic carbocycles. The third-order valence-corrected chi connectivity index (χ3v) is 4.16. The standard InChI is InChI=1S/C11H16N2O2S/c1-12-16(14,15)11-6-4-10(5-7-11)13-8-9-2-3-9/h4-7,9,12-13H,2-3,8H2,1H3. The first kappa shape index (κ1) is 11.4. The normalized spacial score (nSPS) is 16.1. The van der Waals surface area contributed by atoms with Crippen LogP contribution < -0.4 is 10.0 Å². The van der Waals surface area contributed by atoms with Gasteiger partial charge in [-0.2, -0.15) is 0 Å². The van der Waals surface area contributed by atoms with E-state index in [1.54, 1.807) is 24.3 Å². The van der Waals surface area contributed by atoms with Crippen molar-refractivity contribution < 1.29 is 8.42 Å². The quantitative estimate of drug-likeness (QED) is 0.818. The van der Waals surface area contributed by atoms with Gasteiger partial charge < -0.3 is 5.32 Å². The van der Waals surface area contributed by atoms with Crippen LogP contribution in [0.4, 0.5) is 5.69 Å². The molecule has 5 heteroatoms. The van der Waals surface area contributed by atoms with Crippen molar-refractivity contribution in [3.63, 3.8) is 0 Å². The summed E-state index contributed by atoms with van der Waals surface area (Å²) in [4.78, 5) is 0.298. The molecule has 4 nitrogen and oxygen atoms in total. The van der Waals surface area contributed by atoms with E-state index in [1.807, 2.05) is 0 Å². The Morgan fingerprint density at radius 3 is 2.38 bits per heavy atom. The molecule has 0 amide bonds. The predicted molar refractivity (Wildman–Crippen MR) is 63.9 cm³/mol. The minimum absolute atomic E-state index is 0.298. The zero-order valence-electron chi connectivity index (χ0n) is 9.23. The minimum atomic E-state index is -3.31. The van der Waals surface area contributed by atoms with Crippen LogP contribution in [-0.2, 0) is 10.0 Å². The summed E-state index contributed by atoms with van der Waals surface area (Å²) in [6, 6.07) is 6.82. The van der Waals surface area contributed by atoms with Gasteiger partial charge in [0, 0.05) is 12.2 Å². The number of benzene rings is 1. The van der Waals surface area contributed by atoms with Crippen molar-refractivity contribution in [3.05, 3.63) is 24.3 Å². The van der Waals surface area contributed by atoms with Gasteiger partial charge in [0.25, 0.3) is 0 Å². The smallest absolute Gasteiger partial charge is 0.240 e. The molecule has 1 aliphatic rings. The number of hydrogen-bond acceptors (Lipinski definition) is 3. The van der Waals surface area contributed by atoms with Gasteiger partial charge in [0.15, 0.2) is 0 Å². The van der Waals surface area contributed by atoms with E-state index in [1.165, 1.54) is 19.9 Å². The van der Waals surface area contributed by atoms with Gasteiger partial charge in [-0.05, 0) is 50.1 Å². The van der Waals surface area contributed by atoms with Crippen LogP contribution in [0.2, 0.25) is 0 Å². The Bertz CT molecular complexity index is 449. The van der Waals surface area contributed by atoms with E-state index in [0.29, 0.717) is 4.90 Å². The van der Waals surface area contributed by atoms with E-state index in [4.69, 9.17) is 0 Å². The number of hydrogen-bond donors (Lipinski definition) is 2. The van der Waals surface area contributed by atoms with E-state index in [-0.39, 0.29) is 0 Å². The molecule has 0 unspecified atom stereocenters. The molecule has 88 valence electrons. The Balaban J connectivity index is 2.03. The summed E-state index contributed by atoms with van der Waals surface area (Å²) in [5, 5.41) is 3.29. The van der Waals surface area contributed by atoms with E-state index in [2.05, 4.69) is 10.0 Å². The Morgan fingerprint density at radius 2 is 1.88 bits per heavy atom. The SMILES string of the molecule is CNS(=O)(=O)c1ccc(NCC2CC2)cc1. The Kier molecular flexibility index (Phi) is 3.16. The van der Waals surface area contributed by atoms with E-state index >= 15 is 0 Å². The van der Waals surface area contributed by atoms with Crippen LogP contribution in [0.15, 0.2) is 29.2 Å². The van der Waals surface area contributed by atoms with Crippen LogP contribution in [0.25, 0.3) is 0 Å². The maximum absolute atomic E-state index is 11.5. The van der Waals surface area contributed by atoms with Crippen molar-refractivity contribution in [1.29, 1.82) is 0 Å². The van der Waals surface area contributed by atoms with Gasteiger partial charge in [0.05, 0.1) is 4.90 Å². The summed E-state index contributed by atoms with van der Waals surface area (Å²) in [6.07, 6.45) is 2.61. The molecule has 2 rings (SSSR count). The van der Waals surface area contributed by atoms with Gasteiger partial charge in [0.2, 0.25) is 10.0 Å². The average molecular weight is 240 g/mol. The molecule has 0 spiro atoms. The summed E-state index contributed by atoms with van der Waals surface area (Å²) < 4.78 is 25.2. The zero-order chi connectivity index (χ0) is 11.6. The first-order valence-corrected chi connectivity index (χ1v) is 6.87. The van der Waals surface area contributed by atoms with Crippen molar-refractivity contribution >= 4 is 15.7 Å². The van der Waals surface area contributed by atoms with Crippen molar-refractivity contribution in [2.45, 2.75) is 17.7 Å².